The SMILES string of the molecule is CN(C)c1ccc(C2SCC(=O)N2CCc2ccc3c(c2)OCO3)c(Cl)c1. The quantitative estimate of drug-likeness (QED) is 0.754. The van der Waals surface area contributed by atoms with Crippen LogP contribution in [0.1, 0.15) is 16.5 Å². The molecule has 1 saturated heterocycles. The largest absolute Gasteiger partial charge is 0.454 e. The summed E-state index contributed by atoms with van der Waals surface area (Å²) in [6.07, 6.45) is 0.757. The van der Waals surface area contributed by atoms with Gasteiger partial charge in [0, 0.05) is 36.9 Å². The average molecular weight is 405 g/mol. The number of carbonyl (C=O) groups excluding carboxylic acids is 1. The number of hydrogen-bond acceptors (Lipinski definition) is 5. The number of thioether (sulfide) groups is 1. The summed E-state index contributed by atoms with van der Waals surface area (Å²) < 4.78 is 10.8. The third-order valence-corrected chi connectivity index (χ3v) is 6.38. The molecule has 1 fully saturated rings. The van der Waals surface area contributed by atoms with E-state index in [0.29, 0.717) is 17.3 Å². The molecular formula is C20H21ClN2O3S. The van der Waals surface area contributed by atoms with Crippen LogP contribution in [-0.2, 0) is 11.2 Å². The second kappa shape index (κ2) is 7.52. The highest BCUT2D eigenvalue weighted by Gasteiger charge is 2.33. The molecule has 4 rings (SSSR count). The molecule has 0 radical (unpaired) electrons. The Morgan fingerprint density at radius 1 is 1.19 bits per heavy atom. The van der Waals surface area contributed by atoms with E-state index in [4.69, 9.17) is 21.1 Å². The van der Waals surface area contributed by atoms with Gasteiger partial charge in [0.05, 0.1) is 5.75 Å². The Kier molecular flexibility index (Phi) is 5.10. The molecule has 2 heterocycles. The van der Waals surface area contributed by atoms with Gasteiger partial charge in [-0.15, -0.1) is 11.8 Å². The van der Waals surface area contributed by atoms with Crippen molar-refractivity contribution in [2.75, 3.05) is 38.1 Å². The van der Waals surface area contributed by atoms with Crippen LogP contribution in [0.4, 0.5) is 5.69 Å². The molecule has 2 aromatic rings. The van der Waals surface area contributed by atoms with Crippen molar-refractivity contribution in [2.45, 2.75) is 11.8 Å². The first-order valence-electron chi connectivity index (χ1n) is 8.79. The van der Waals surface area contributed by atoms with Crippen LogP contribution in [0.25, 0.3) is 0 Å². The van der Waals surface area contributed by atoms with Gasteiger partial charge < -0.3 is 19.3 Å². The Balaban J connectivity index is 1.50. The van der Waals surface area contributed by atoms with Gasteiger partial charge in [-0.1, -0.05) is 23.7 Å². The molecule has 2 aliphatic heterocycles. The number of carbonyl (C=O) groups is 1. The maximum atomic E-state index is 12.5. The summed E-state index contributed by atoms with van der Waals surface area (Å²) in [4.78, 5) is 16.4. The van der Waals surface area contributed by atoms with Gasteiger partial charge in [0.1, 0.15) is 5.37 Å². The van der Waals surface area contributed by atoms with Gasteiger partial charge in [-0.25, -0.2) is 0 Å². The van der Waals surface area contributed by atoms with Crippen LogP contribution in [0.5, 0.6) is 11.5 Å². The minimum Gasteiger partial charge on any atom is -0.454 e. The Labute approximate surface area is 168 Å². The van der Waals surface area contributed by atoms with Crippen molar-refractivity contribution in [1.29, 1.82) is 0 Å². The van der Waals surface area contributed by atoms with E-state index in [-0.39, 0.29) is 18.1 Å². The van der Waals surface area contributed by atoms with Crippen LogP contribution in [0, 0.1) is 0 Å². The first kappa shape index (κ1) is 18.3. The van der Waals surface area contributed by atoms with E-state index in [2.05, 4.69) is 0 Å². The molecular weight excluding hydrogens is 384 g/mol. The van der Waals surface area contributed by atoms with E-state index in [1.807, 2.05) is 60.3 Å². The van der Waals surface area contributed by atoms with Gasteiger partial charge in [-0.3, -0.25) is 4.79 Å². The van der Waals surface area contributed by atoms with Gasteiger partial charge in [0.2, 0.25) is 12.7 Å². The maximum absolute atomic E-state index is 12.5. The van der Waals surface area contributed by atoms with Crippen LogP contribution in [0.2, 0.25) is 5.02 Å². The fourth-order valence-electron chi connectivity index (χ4n) is 3.29. The van der Waals surface area contributed by atoms with Crippen LogP contribution in [0.3, 0.4) is 0 Å². The third kappa shape index (κ3) is 3.69. The fourth-order valence-corrected chi connectivity index (χ4v) is 4.89. The topological polar surface area (TPSA) is 42.0 Å². The lowest BCUT2D eigenvalue weighted by molar-refractivity contribution is -0.128. The van der Waals surface area contributed by atoms with Crippen LogP contribution in [0.15, 0.2) is 36.4 Å². The van der Waals surface area contributed by atoms with Crippen molar-refractivity contribution in [3.8, 4) is 11.5 Å². The van der Waals surface area contributed by atoms with Crippen LogP contribution >= 0.6 is 23.4 Å². The van der Waals surface area contributed by atoms with Gasteiger partial charge in [0.15, 0.2) is 11.5 Å². The molecule has 0 N–H and O–H groups in total. The molecule has 142 valence electrons. The van der Waals surface area contributed by atoms with Crippen molar-refractivity contribution in [1.82, 2.24) is 4.90 Å². The van der Waals surface area contributed by atoms with Crippen molar-refractivity contribution in [3.63, 3.8) is 0 Å². The van der Waals surface area contributed by atoms with E-state index in [1.165, 1.54) is 0 Å². The smallest absolute Gasteiger partial charge is 0.233 e. The molecule has 2 aliphatic rings. The normalized spacial score (nSPS) is 18.3. The van der Waals surface area contributed by atoms with Crippen molar-refractivity contribution >= 4 is 35.0 Å². The summed E-state index contributed by atoms with van der Waals surface area (Å²) in [7, 11) is 3.97. The first-order chi connectivity index (χ1) is 13.0. The Morgan fingerprint density at radius 2 is 2.00 bits per heavy atom. The van der Waals surface area contributed by atoms with E-state index in [0.717, 1.165) is 34.7 Å². The summed E-state index contributed by atoms with van der Waals surface area (Å²) >= 11 is 8.17. The number of hydrogen-bond donors (Lipinski definition) is 0. The van der Waals surface area contributed by atoms with Gasteiger partial charge in [0.25, 0.3) is 0 Å². The molecule has 0 aliphatic carbocycles. The van der Waals surface area contributed by atoms with E-state index >= 15 is 0 Å². The standard InChI is InChI=1S/C20H21ClN2O3S/c1-22(2)14-4-5-15(16(21)10-14)20-23(19(24)11-27-20)8-7-13-3-6-17-18(9-13)26-12-25-17/h3-6,9-10,20H,7-8,11-12H2,1-2H3. The van der Waals surface area contributed by atoms with Crippen molar-refractivity contribution in [3.05, 3.63) is 52.5 Å². The lowest BCUT2D eigenvalue weighted by Gasteiger charge is -2.26. The van der Waals surface area contributed by atoms with Crippen molar-refractivity contribution in [2.24, 2.45) is 0 Å². The number of rotatable bonds is 5. The highest BCUT2D eigenvalue weighted by Crippen LogP contribution is 2.42. The Morgan fingerprint density at radius 3 is 2.78 bits per heavy atom. The van der Waals surface area contributed by atoms with Gasteiger partial charge in [-0.2, -0.15) is 0 Å². The van der Waals surface area contributed by atoms with Crippen molar-refractivity contribution < 1.29 is 14.3 Å². The number of nitrogens with zero attached hydrogens (tertiary/aromatic N) is 2. The summed E-state index contributed by atoms with van der Waals surface area (Å²) in [5, 5.41) is 0.650. The second-order valence-corrected chi connectivity index (χ2v) is 8.26. The number of halogens is 1. The zero-order chi connectivity index (χ0) is 19.0. The molecule has 0 saturated carbocycles. The lowest BCUT2D eigenvalue weighted by Crippen LogP contribution is -2.30. The number of amides is 1. The minimum absolute atomic E-state index is 0.0461. The number of fused-ring (bicyclic) bond motifs is 1. The lowest BCUT2D eigenvalue weighted by atomic mass is 10.1. The average Bonchev–Trinajstić information content (AvgIpc) is 3.26. The highest BCUT2D eigenvalue weighted by atomic mass is 35.5. The molecule has 2 aromatic carbocycles. The highest BCUT2D eigenvalue weighted by molar-refractivity contribution is 8.00. The van der Waals surface area contributed by atoms with Gasteiger partial charge >= 0.3 is 0 Å². The molecule has 0 bridgehead atoms. The third-order valence-electron chi connectivity index (χ3n) is 4.81. The fraction of sp³-hybridized carbons (Fsp3) is 0.350. The number of anilines is 1. The zero-order valence-corrected chi connectivity index (χ0v) is 16.8. The molecule has 0 spiro atoms. The summed E-state index contributed by atoms with van der Waals surface area (Å²) in [6.45, 7) is 0.908. The van der Waals surface area contributed by atoms with Gasteiger partial charge in [-0.05, 0) is 36.2 Å². The molecule has 0 aromatic heterocycles. The van der Waals surface area contributed by atoms with Crippen LogP contribution < -0.4 is 14.4 Å². The molecule has 1 amide bonds. The minimum atomic E-state index is -0.0461. The van der Waals surface area contributed by atoms with E-state index < -0.39 is 0 Å². The summed E-state index contributed by atoms with van der Waals surface area (Å²) in [5.41, 5.74) is 3.16. The predicted molar refractivity (Wildman–Crippen MR) is 109 cm³/mol. The Hall–Kier alpha value is -2.05. The second-order valence-electron chi connectivity index (χ2n) is 6.79. The molecule has 1 atom stereocenters. The molecule has 27 heavy (non-hydrogen) atoms. The summed E-state index contributed by atoms with van der Waals surface area (Å²) in [5.74, 6) is 2.18. The predicted octanol–water partition coefficient (Wildman–Crippen LogP) is 3.95. The van der Waals surface area contributed by atoms with Crippen LogP contribution in [-0.4, -0.2) is 44.0 Å². The molecule has 5 nitrogen and oxygen atoms in total. The Bertz CT molecular complexity index is 874. The zero-order valence-electron chi connectivity index (χ0n) is 15.3. The van der Waals surface area contributed by atoms with E-state index in [1.54, 1.807) is 11.8 Å². The summed E-state index contributed by atoms with van der Waals surface area (Å²) in [6, 6.07) is 12.0. The molecule has 1 unspecified atom stereocenters. The monoisotopic (exact) mass is 404 g/mol. The first-order valence-corrected chi connectivity index (χ1v) is 10.2. The number of ether oxygens (including phenoxy) is 2. The van der Waals surface area contributed by atoms with E-state index in [9.17, 15) is 4.79 Å². The number of benzene rings is 2. The molecule has 7 heteroatoms. The maximum Gasteiger partial charge on any atom is 0.233 e.